The summed E-state index contributed by atoms with van der Waals surface area (Å²) in [7, 11) is 0. The van der Waals surface area contributed by atoms with Gasteiger partial charge in [0, 0.05) is 19.1 Å². The van der Waals surface area contributed by atoms with Crippen LogP contribution in [0.25, 0.3) is 0 Å². The van der Waals surface area contributed by atoms with E-state index in [1.807, 2.05) is 6.26 Å². The zero-order valence-electron chi connectivity index (χ0n) is 10.1. The van der Waals surface area contributed by atoms with E-state index in [0.29, 0.717) is 23.6 Å². The third-order valence-corrected chi connectivity index (χ3v) is 4.28. The summed E-state index contributed by atoms with van der Waals surface area (Å²) in [4.78, 5) is 13.9. The summed E-state index contributed by atoms with van der Waals surface area (Å²) in [5.41, 5.74) is 0. The van der Waals surface area contributed by atoms with E-state index in [-0.39, 0.29) is 0 Å². The van der Waals surface area contributed by atoms with Gasteiger partial charge in [0.05, 0.1) is 5.75 Å². The molecular weight excluding hydrogens is 220 g/mol. The van der Waals surface area contributed by atoms with Crippen molar-refractivity contribution in [2.24, 2.45) is 5.92 Å². The third kappa shape index (κ3) is 2.92. The first-order valence-electron chi connectivity index (χ1n) is 6.31. The van der Waals surface area contributed by atoms with Crippen LogP contribution in [0, 0.1) is 5.92 Å². The minimum absolute atomic E-state index is 0.329. The molecule has 2 unspecified atom stereocenters. The fourth-order valence-electron chi connectivity index (χ4n) is 2.89. The first-order chi connectivity index (χ1) is 7.81. The summed E-state index contributed by atoms with van der Waals surface area (Å²) < 4.78 is 0. The molecule has 2 saturated heterocycles. The minimum atomic E-state index is 0.329. The van der Waals surface area contributed by atoms with E-state index in [9.17, 15) is 4.79 Å². The molecule has 0 spiro atoms. The van der Waals surface area contributed by atoms with Crippen LogP contribution in [0.1, 0.15) is 25.7 Å². The van der Waals surface area contributed by atoms with Crippen molar-refractivity contribution in [3.8, 4) is 0 Å². The maximum Gasteiger partial charge on any atom is 0.232 e. The fourth-order valence-corrected chi connectivity index (χ4v) is 3.32. The summed E-state index contributed by atoms with van der Waals surface area (Å²) in [6.07, 6.45) is 7.08. The molecule has 2 rings (SSSR count). The molecule has 2 fully saturated rings. The molecule has 1 N–H and O–H groups in total. The molecule has 0 aromatic heterocycles. The molecule has 4 heteroatoms. The largest absolute Gasteiger partial charge is 0.342 e. The highest BCUT2D eigenvalue weighted by Crippen LogP contribution is 2.24. The summed E-state index contributed by atoms with van der Waals surface area (Å²) >= 11 is 1.63. The van der Waals surface area contributed by atoms with Crippen molar-refractivity contribution in [1.82, 2.24) is 10.2 Å². The van der Waals surface area contributed by atoms with E-state index in [1.54, 1.807) is 11.8 Å². The monoisotopic (exact) mass is 242 g/mol. The summed E-state index contributed by atoms with van der Waals surface area (Å²) in [5.74, 6) is 1.67. The summed E-state index contributed by atoms with van der Waals surface area (Å²) in [5, 5.41) is 3.57. The Morgan fingerprint density at radius 1 is 1.44 bits per heavy atom. The molecule has 2 atom stereocenters. The number of carbonyl (C=O) groups is 1. The van der Waals surface area contributed by atoms with Crippen molar-refractivity contribution in [3.63, 3.8) is 0 Å². The van der Waals surface area contributed by atoms with Gasteiger partial charge in [-0.1, -0.05) is 0 Å². The molecule has 92 valence electrons. The lowest BCUT2D eigenvalue weighted by Gasteiger charge is -2.35. The topological polar surface area (TPSA) is 32.3 Å². The molecule has 3 nitrogen and oxygen atoms in total. The molecular formula is C12H22N2OS. The number of rotatable bonds is 3. The average molecular weight is 242 g/mol. The number of hydrogen-bond donors (Lipinski definition) is 1. The molecule has 2 heterocycles. The Balaban J connectivity index is 1.85. The van der Waals surface area contributed by atoms with Crippen molar-refractivity contribution >= 4 is 17.7 Å². The van der Waals surface area contributed by atoms with Crippen LogP contribution in [0.5, 0.6) is 0 Å². The van der Waals surface area contributed by atoms with Crippen LogP contribution >= 0.6 is 11.8 Å². The maximum atomic E-state index is 11.8. The van der Waals surface area contributed by atoms with Gasteiger partial charge in [0.2, 0.25) is 5.91 Å². The number of carbonyl (C=O) groups excluding carboxylic acids is 1. The van der Waals surface area contributed by atoms with Crippen LogP contribution in [0.4, 0.5) is 0 Å². The normalized spacial score (nSPS) is 30.7. The number of nitrogens with one attached hydrogen (secondary N) is 1. The fraction of sp³-hybridized carbons (Fsp3) is 0.917. The maximum absolute atomic E-state index is 11.8. The van der Waals surface area contributed by atoms with E-state index in [2.05, 4.69) is 10.2 Å². The van der Waals surface area contributed by atoms with Crippen LogP contribution in [-0.4, -0.2) is 48.5 Å². The van der Waals surface area contributed by atoms with Gasteiger partial charge in [-0.2, -0.15) is 11.8 Å². The van der Waals surface area contributed by atoms with Gasteiger partial charge in [0.25, 0.3) is 0 Å². The minimum Gasteiger partial charge on any atom is -0.342 e. The Bertz CT molecular complexity index is 241. The number of hydrogen-bond acceptors (Lipinski definition) is 3. The van der Waals surface area contributed by atoms with Crippen LogP contribution < -0.4 is 5.32 Å². The molecule has 2 aliphatic heterocycles. The van der Waals surface area contributed by atoms with E-state index in [4.69, 9.17) is 0 Å². The summed E-state index contributed by atoms with van der Waals surface area (Å²) in [6.45, 7) is 3.12. The lowest BCUT2D eigenvalue weighted by molar-refractivity contribution is -0.130. The van der Waals surface area contributed by atoms with Gasteiger partial charge in [-0.3, -0.25) is 4.79 Å². The molecule has 1 amide bonds. The number of nitrogens with zero attached hydrogens (tertiary/aromatic N) is 1. The number of piperidine rings is 1. The Kier molecular flexibility index (Phi) is 4.53. The van der Waals surface area contributed by atoms with Gasteiger partial charge in [-0.05, 0) is 44.4 Å². The Hall–Kier alpha value is -0.220. The van der Waals surface area contributed by atoms with Crippen molar-refractivity contribution in [2.45, 2.75) is 31.7 Å². The Morgan fingerprint density at radius 3 is 3.00 bits per heavy atom. The highest BCUT2D eigenvalue weighted by atomic mass is 32.2. The average Bonchev–Trinajstić information content (AvgIpc) is 2.83. The van der Waals surface area contributed by atoms with E-state index >= 15 is 0 Å². The van der Waals surface area contributed by atoms with Crippen LogP contribution in [0.2, 0.25) is 0 Å². The van der Waals surface area contributed by atoms with Crippen molar-refractivity contribution < 1.29 is 4.79 Å². The lowest BCUT2D eigenvalue weighted by Crippen LogP contribution is -2.46. The van der Waals surface area contributed by atoms with Gasteiger partial charge >= 0.3 is 0 Å². The van der Waals surface area contributed by atoms with Crippen molar-refractivity contribution in [3.05, 3.63) is 0 Å². The predicted octanol–water partition coefficient (Wildman–Crippen LogP) is 1.34. The predicted molar refractivity (Wildman–Crippen MR) is 68.7 cm³/mol. The second kappa shape index (κ2) is 5.92. The second-order valence-corrected chi connectivity index (χ2v) is 5.74. The molecule has 0 aliphatic carbocycles. The third-order valence-electron chi connectivity index (χ3n) is 3.75. The first kappa shape index (κ1) is 12.2. The second-order valence-electron chi connectivity index (χ2n) is 4.88. The molecule has 2 aliphatic rings. The zero-order chi connectivity index (χ0) is 11.4. The zero-order valence-corrected chi connectivity index (χ0v) is 10.9. The highest BCUT2D eigenvalue weighted by Gasteiger charge is 2.30. The Morgan fingerprint density at radius 2 is 2.31 bits per heavy atom. The number of likely N-dealkylation sites (tertiary alicyclic amines) is 1. The molecule has 0 aromatic rings. The summed E-state index contributed by atoms with van der Waals surface area (Å²) in [6, 6.07) is 0.671. The van der Waals surface area contributed by atoms with Crippen molar-refractivity contribution in [1.29, 1.82) is 0 Å². The Labute approximate surface area is 102 Å². The van der Waals surface area contributed by atoms with Crippen LogP contribution in [0.15, 0.2) is 0 Å². The van der Waals surface area contributed by atoms with Gasteiger partial charge in [0.1, 0.15) is 0 Å². The van der Waals surface area contributed by atoms with Gasteiger partial charge in [0.15, 0.2) is 0 Å². The molecule has 0 bridgehead atoms. The van der Waals surface area contributed by atoms with Gasteiger partial charge in [-0.25, -0.2) is 0 Å². The quantitative estimate of drug-likeness (QED) is 0.810. The lowest BCUT2D eigenvalue weighted by atomic mass is 9.90. The molecule has 0 aromatic carbocycles. The van der Waals surface area contributed by atoms with E-state index < -0.39 is 0 Å². The molecule has 16 heavy (non-hydrogen) atoms. The van der Waals surface area contributed by atoms with Gasteiger partial charge in [-0.15, -0.1) is 0 Å². The smallest absolute Gasteiger partial charge is 0.232 e. The first-order valence-corrected chi connectivity index (χ1v) is 7.70. The standard InChI is InChI=1S/C12H22N2OS/c1-16-9-12(15)14-7-3-4-10(8-14)11-5-2-6-13-11/h10-11,13H,2-9H2,1H3. The van der Waals surface area contributed by atoms with Crippen LogP contribution in [-0.2, 0) is 4.79 Å². The highest BCUT2D eigenvalue weighted by molar-refractivity contribution is 7.99. The molecule has 0 saturated carbocycles. The SMILES string of the molecule is CSCC(=O)N1CCCC(C2CCCN2)C1. The molecule has 0 radical (unpaired) electrons. The van der Waals surface area contributed by atoms with Gasteiger partial charge < -0.3 is 10.2 Å². The van der Waals surface area contributed by atoms with Crippen LogP contribution in [0.3, 0.4) is 0 Å². The van der Waals surface area contributed by atoms with E-state index in [1.165, 1.54) is 32.2 Å². The van der Waals surface area contributed by atoms with Crippen molar-refractivity contribution in [2.75, 3.05) is 31.6 Å². The number of amides is 1. The number of thioether (sulfide) groups is 1. The van der Waals surface area contributed by atoms with E-state index in [0.717, 1.165) is 13.1 Å².